The first-order valence-corrected chi connectivity index (χ1v) is 13.7. The Hall–Kier alpha value is -2.60. The van der Waals surface area contributed by atoms with Gasteiger partial charge in [0, 0.05) is 26.7 Å². The van der Waals surface area contributed by atoms with Gasteiger partial charge in [0.05, 0.1) is 19.1 Å². The van der Waals surface area contributed by atoms with Crippen molar-refractivity contribution in [1.29, 1.82) is 0 Å². The number of fused-ring (bicyclic) bond motifs is 3. The molecule has 5 nitrogen and oxygen atoms in total. The Balaban J connectivity index is 1.51. The van der Waals surface area contributed by atoms with Crippen molar-refractivity contribution in [2.24, 2.45) is 0 Å². The molecule has 0 radical (unpaired) electrons. The Morgan fingerprint density at radius 3 is 2.57 bits per heavy atom. The zero-order valence-electron chi connectivity index (χ0n) is 21.3. The topological polar surface area (TPSA) is 60.5 Å². The fourth-order valence-corrected chi connectivity index (χ4v) is 5.48. The summed E-state index contributed by atoms with van der Waals surface area (Å²) in [6, 6.07) is 12.3. The lowest BCUT2D eigenvalue weighted by molar-refractivity contribution is -0.147. The van der Waals surface area contributed by atoms with Gasteiger partial charge < -0.3 is 19.2 Å². The van der Waals surface area contributed by atoms with E-state index >= 15 is 0 Å². The SMILES string of the molecule is CCCOc1ccc(COC(=O)C2CCCc3[nH]c4ccc(SC(C)C)cc4c32)cc1OCCC. The second kappa shape index (κ2) is 11.9. The maximum atomic E-state index is 13.3. The number of carbonyl (C=O) groups excluding carboxylic acids is 1. The normalized spacial score (nSPS) is 15.3. The quantitative estimate of drug-likeness (QED) is 0.222. The van der Waals surface area contributed by atoms with Crippen molar-refractivity contribution in [3.63, 3.8) is 0 Å². The fraction of sp³-hybridized carbons (Fsp3) is 0.483. The third kappa shape index (κ3) is 6.16. The molecule has 2 aromatic carbocycles. The van der Waals surface area contributed by atoms with Crippen molar-refractivity contribution in [2.75, 3.05) is 13.2 Å². The van der Waals surface area contributed by atoms with Crippen LogP contribution in [0, 0.1) is 0 Å². The molecule has 4 rings (SSSR count). The van der Waals surface area contributed by atoms with Crippen LogP contribution in [-0.2, 0) is 22.6 Å². The predicted octanol–water partition coefficient (Wildman–Crippen LogP) is 7.41. The number of rotatable bonds is 11. The summed E-state index contributed by atoms with van der Waals surface area (Å²) < 4.78 is 17.6. The number of aromatic nitrogens is 1. The van der Waals surface area contributed by atoms with E-state index in [1.54, 1.807) is 0 Å². The number of esters is 1. The Labute approximate surface area is 212 Å². The van der Waals surface area contributed by atoms with E-state index in [0.717, 1.165) is 59.9 Å². The zero-order valence-corrected chi connectivity index (χ0v) is 22.1. The van der Waals surface area contributed by atoms with E-state index in [0.29, 0.717) is 24.2 Å². The number of H-pyrrole nitrogens is 1. The van der Waals surface area contributed by atoms with Gasteiger partial charge in [-0.05, 0) is 73.6 Å². The Bertz CT molecular complexity index is 1150. The minimum atomic E-state index is -0.241. The second-order valence-corrected chi connectivity index (χ2v) is 11.1. The zero-order chi connectivity index (χ0) is 24.8. The standard InChI is InChI=1S/C29H37NO4S/c1-5-14-32-26-13-10-20(16-27(26)33-15-6-2)18-34-29(31)22-8-7-9-25-28(22)23-17-21(35-19(3)4)11-12-24(23)30-25/h10-13,16-17,19,22,30H,5-9,14-15,18H2,1-4H3. The molecule has 0 bridgehead atoms. The third-order valence-corrected chi connectivity index (χ3v) is 7.13. The first-order valence-electron chi connectivity index (χ1n) is 12.9. The molecule has 3 aromatic rings. The van der Waals surface area contributed by atoms with Crippen LogP contribution in [0.3, 0.4) is 0 Å². The molecule has 35 heavy (non-hydrogen) atoms. The second-order valence-electron chi connectivity index (χ2n) is 9.42. The van der Waals surface area contributed by atoms with Crippen LogP contribution in [0.1, 0.15) is 76.1 Å². The molecule has 0 saturated carbocycles. The van der Waals surface area contributed by atoms with Crippen LogP contribution >= 0.6 is 11.8 Å². The van der Waals surface area contributed by atoms with Gasteiger partial charge in [-0.2, -0.15) is 0 Å². The van der Waals surface area contributed by atoms with Gasteiger partial charge in [0.15, 0.2) is 11.5 Å². The molecule has 1 aliphatic rings. The minimum absolute atomic E-state index is 0.156. The van der Waals surface area contributed by atoms with Gasteiger partial charge in [0.25, 0.3) is 0 Å². The van der Waals surface area contributed by atoms with Crippen molar-refractivity contribution in [3.05, 3.63) is 53.2 Å². The molecule has 0 amide bonds. The third-order valence-electron chi connectivity index (χ3n) is 6.13. The van der Waals surface area contributed by atoms with E-state index in [1.807, 2.05) is 30.0 Å². The number of benzene rings is 2. The van der Waals surface area contributed by atoms with Crippen LogP contribution in [0.25, 0.3) is 10.9 Å². The maximum absolute atomic E-state index is 13.3. The number of carbonyl (C=O) groups is 1. The summed E-state index contributed by atoms with van der Waals surface area (Å²) in [4.78, 5) is 18.1. The predicted molar refractivity (Wildman–Crippen MR) is 143 cm³/mol. The van der Waals surface area contributed by atoms with Gasteiger partial charge in [-0.3, -0.25) is 4.79 Å². The van der Waals surface area contributed by atoms with Gasteiger partial charge in [0.2, 0.25) is 0 Å². The highest BCUT2D eigenvalue weighted by molar-refractivity contribution is 7.99. The van der Waals surface area contributed by atoms with E-state index in [9.17, 15) is 4.79 Å². The molecule has 0 aliphatic heterocycles. The number of ether oxygens (including phenoxy) is 3. The summed E-state index contributed by atoms with van der Waals surface area (Å²) in [6.07, 6.45) is 4.61. The van der Waals surface area contributed by atoms with E-state index in [2.05, 4.69) is 50.9 Å². The summed E-state index contributed by atoms with van der Waals surface area (Å²) in [5, 5.41) is 1.66. The molecule has 0 saturated heterocycles. The van der Waals surface area contributed by atoms with Gasteiger partial charge in [0.1, 0.15) is 6.61 Å². The van der Waals surface area contributed by atoms with Crippen molar-refractivity contribution in [1.82, 2.24) is 4.98 Å². The van der Waals surface area contributed by atoms with Gasteiger partial charge in [-0.15, -0.1) is 11.8 Å². The molecule has 0 spiro atoms. The van der Waals surface area contributed by atoms with Gasteiger partial charge in [-0.1, -0.05) is 33.8 Å². The van der Waals surface area contributed by atoms with Crippen LogP contribution in [0.5, 0.6) is 11.5 Å². The molecule has 1 aliphatic carbocycles. The largest absolute Gasteiger partial charge is 0.490 e. The molecule has 6 heteroatoms. The molecular formula is C29H37NO4S. The first kappa shape index (κ1) is 25.5. The summed E-state index contributed by atoms with van der Waals surface area (Å²) in [5.41, 5.74) is 4.30. The van der Waals surface area contributed by atoms with Gasteiger partial charge in [-0.25, -0.2) is 0 Å². The van der Waals surface area contributed by atoms with E-state index < -0.39 is 0 Å². The van der Waals surface area contributed by atoms with Crippen molar-refractivity contribution in [2.45, 2.75) is 82.5 Å². The molecule has 1 unspecified atom stereocenters. The molecule has 1 heterocycles. The highest BCUT2D eigenvalue weighted by atomic mass is 32.2. The number of aromatic amines is 1. The van der Waals surface area contributed by atoms with Crippen molar-refractivity contribution in [3.8, 4) is 11.5 Å². The fourth-order valence-electron chi connectivity index (χ4n) is 4.60. The van der Waals surface area contributed by atoms with E-state index in [4.69, 9.17) is 14.2 Å². The summed E-state index contributed by atoms with van der Waals surface area (Å²) in [6.45, 7) is 10.0. The highest BCUT2D eigenvalue weighted by Gasteiger charge is 2.31. The Morgan fingerprint density at radius 1 is 1.06 bits per heavy atom. The lowest BCUT2D eigenvalue weighted by atomic mass is 9.85. The van der Waals surface area contributed by atoms with Crippen LogP contribution in [0.4, 0.5) is 0 Å². The number of aryl methyl sites for hydroxylation is 1. The van der Waals surface area contributed by atoms with Crippen LogP contribution in [-0.4, -0.2) is 29.4 Å². The number of hydrogen-bond acceptors (Lipinski definition) is 5. The van der Waals surface area contributed by atoms with Crippen LogP contribution < -0.4 is 9.47 Å². The maximum Gasteiger partial charge on any atom is 0.313 e. The Kier molecular flexibility index (Phi) is 8.66. The summed E-state index contributed by atoms with van der Waals surface area (Å²) in [5.74, 6) is 1.05. The number of nitrogens with one attached hydrogen (secondary N) is 1. The minimum Gasteiger partial charge on any atom is -0.490 e. The van der Waals surface area contributed by atoms with Crippen molar-refractivity contribution >= 4 is 28.6 Å². The van der Waals surface area contributed by atoms with Gasteiger partial charge >= 0.3 is 5.97 Å². The molecule has 0 fully saturated rings. The lowest BCUT2D eigenvalue weighted by Gasteiger charge is -2.22. The summed E-state index contributed by atoms with van der Waals surface area (Å²) in [7, 11) is 0. The van der Waals surface area contributed by atoms with E-state index in [-0.39, 0.29) is 18.5 Å². The molecule has 1 aromatic heterocycles. The smallest absolute Gasteiger partial charge is 0.313 e. The molecule has 188 valence electrons. The number of hydrogen-bond donors (Lipinski definition) is 1. The first-order chi connectivity index (χ1) is 17.0. The van der Waals surface area contributed by atoms with Crippen LogP contribution in [0.15, 0.2) is 41.3 Å². The number of thioether (sulfide) groups is 1. The Morgan fingerprint density at radius 2 is 1.83 bits per heavy atom. The average Bonchev–Trinajstić information content (AvgIpc) is 3.23. The average molecular weight is 496 g/mol. The summed E-state index contributed by atoms with van der Waals surface area (Å²) >= 11 is 1.85. The van der Waals surface area contributed by atoms with Crippen LogP contribution in [0.2, 0.25) is 0 Å². The lowest BCUT2D eigenvalue weighted by Crippen LogP contribution is -2.20. The molecule has 1 N–H and O–H groups in total. The molecular weight excluding hydrogens is 458 g/mol. The van der Waals surface area contributed by atoms with E-state index in [1.165, 1.54) is 10.6 Å². The monoisotopic (exact) mass is 495 g/mol. The highest BCUT2D eigenvalue weighted by Crippen LogP contribution is 2.40. The van der Waals surface area contributed by atoms with Crippen molar-refractivity contribution < 1.29 is 19.0 Å². The molecule has 1 atom stereocenters.